The van der Waals surface area contributed by atoms with Gasteiger partial charge in [0, 0.05) is 17.8 Å². The highest BCUT2D eigenvalue weighted by atomic mass is 16.5. The molecule has 1 aromatic heterocycles. The van der Waals surface area contributed by atoms with Crippen LogP contribution in [0.15, 0.2) is 35.1 Å². The fourth-order valence-electron chi connectivity index (χ4n) is 2.71. The summed E-state index contributed by atoms with van der Waals surface area (Å²) in [7, 11) is 0. The minimum atomic E-state index is -0.652. The summed E-state index contributed by atoms with van der Waals surface area (Å²) in [5, 5.41) is 2.77. The number of hydrogen-bond donors (Lipinski definition) is 2. The third-order valence-electron chi connectivity index (χ3n) is 4.34. The third-order valence-corrected chi connectivity index (χ3v) is 4.34. The van der Waals surface area contributed by atoms with Crippen molar-refractivity contribution >= 4 is 5.91 Å². The van der Waals surface area contributed by atoms with Crippen molar-refractivity contribution in [2.75, 3.05) is 0 Å². The number of aryl methyl sites for hydroxylation is 2. The molecule has 2 N–H and O–H groups in total. The average Bonchev–Trinajstić information content (AvgIpc) is 2.53. The number of benzene rings is 1. The van der Waals surface area contributed by atoms with Crippen LogP contribution in [0, 0.1) is 13.8 Å². The van der Waals surface area contributed by atoms with Gasteiger partial charge >= 0.3 is 0 Å². The van der Waals surface area contributed by atoms with E-state index in [0.29, 0.717) is 11.3 Å². The molecule has 0 bridgehead atoms. The van der Waals surface area contributed by atoms with E-state index in [1.54, 1.807) is 6.92 Å². The van der Waals surface area contributed by atoms with Crippen molar-refractivity contribution in [3.63, 3.8) is 0 Å². The van der Waals surface area contributed by atoms with E-state index in [2.05, 4.69) is 31.1 Å². The van der Waals surface area contributed by atoms with Crippen molar-refractivity contribution in [3.8, 4) is 5.75 Å². The Hall–Kier alpha value is -2.56. The lowest BCUT2D eigenvalue weighted by atomic mass is 9.87. The van der Waals surface area contributed by atoms with Gasteiger partial charge in [-0.05, 0) is 55.5 Å². The van der Waals surface area contributed by atoms with Gasteiger partial charge in [0.15, 0.2) is 6.10 Å². The van der Waals surface area contributed by atoms with Crippen LogP contribution in [0.5, 0.6) is 5.75 Å². The van der Waals surface area contributed by atoms with Crippen LogP contribution in [-0.2, 0) is 16.8 Å². The topological polar surface area (TPSA) is 71.2 Å². The summed E-state index contributed by atoms with van der Waals surface area (Å²) < 4.78 is 5.71. The van der Waals surface area contributed by atoms with Gasteiger partial charge in [-0.15, -0.1) is 0 Å². The summed E-state index contributed by atoms with van der Waals surface area (Å²) in [6.45, 7) is 12.0. The summed E-state index contributed by atoms with van der Waals surface area (Å²) >= 11 is 0. The molecule has 26 heavy (non-hydrogen) atoms. The molecule has 5 heteroatoms. The van der Waals surface area contributed by atoms with Crippen LogP contribution in [0.25, 0.3) is 0 Å². The number of aromatic amines is 1. The molecule has 0 saturated heterocycles. The van der Waals surface area contributed by atoms with Crippen LogP contribution in [-0.4, -0.2) is 17.0 Å². The maximum Gasteiger partial charge on any atom is 0.261 e. The number of rotatable bonds is 5. The molecule has 2 rings (SSSR count). The molecule has 0 aliphatic carbocycles. The maximum absolute atomic E-state index is 12.3. The molecule has 0 fully saturated rings. The molecular formula is C21H28N2O3. The van der Waals surface area contributed by atoms with E-state index < -0.39 is 6.10 Å². The molecule has 1 atom stereocenters. The normalized spacial score (nSPS) is 12.5. The quantitative estimate of drug-likeness (QED) is 0.863. The van der Waals surface area contributed by atoms with E-state index in [9.17, 15) is 9.59 Å². The highest BCUT2D eigenvalue weighted by Gasteiger charge is 2.17. The minimum absolute atomic E-state index is 0.0699. The Bertz CT molecular complexity index is 830. The van der Waals surface area contributed by atoms with Gasteiger partial charge in [-0.2, -0.15) is 0 Å². The summed E-state index contributed by atoms with van der Waals surface area (Å²) in [6.07, 6.45) is -0.652. The number of amides is 1. The molecule has 2 aromatic rings. The molecule has 0 spiro atoms. The third kappa shape index (κ3) is 4.97. The fourth-order valence-corrected chi connectivity index (χ4v) is 2.71. The second-order valence-corrected chi connectivity index (χ2v) is 7.70. The van der Waals surface area contributed by atoms with E-state index in [0.717, 1.165) is 11.3 Å². The molecule has 1 heterocycles. The lowest BCUT2D eigenvalue weighted by Gasteiger charge is -2.20. The summed E-state index contributed by atoms with van der Waals surface area (Å²) in [6, 6.07) is 9.66. The first-order chi connectivity index (χ1) is 12.1. The molecular weight excluding hydrogens is 328 g/mol. The zero-order valence-electron chi connectivity index (χ0n) is 16.4. The predicted octanol–water partition coefficient (Wildman–Crippen LogP) is 3.37. The predicted molar refractivity (Wildman–Crippen MR) is 104 cm³/mol. The summed E-state index contributed by atoms with van der Waals surface area (Å²) in [5.41, 5.74) is 3.33. The van der Waals surface area contributed by atoms with Crippen LogP contribution in [0.1, 0.15) is 50.1 Å². The van der Waals surface area contributed by atoms with Gasteiger partial charge in [0.1, 0.15) is 5.75 Å². The Morgan fingerprint density at radius 2 is 1.81 bits per heavy atom. The van der Waals surface area contributed by atoms with E-state index in [1.807, 2.05) is 44.2 Å². The van der Waals surface area contributed by atoms with Gasteiger partial charge in [0.25, 0.3) is 11.5 Å². The first-order valence-corrected chi connectivity index (χ1v) is 8.82. The van der Waals surface area contributed by atoms with Gasteiger partial charge < -0.3 is 15.0 Å². The lowest BCUT2D eigenvalue weighted by Crippen LogP contribution is -2.37. The molecule has 0 aliphatic rings. The van der Waals surface area contributed by atoms with Crippen molar-refractivity contribution in [1.29, 1.82) is 0 Å². The van der Waals surface area contributed by atoms with E-state index in [-0.39, 0.29) is 23.4 Å². The van der Waals surface area contributed by atoms with Gasteiger partial charge in [0.2, 0.25) is 0 Å². The highest BCUT2D eigenvalue weighted by Crippen LogP contribution is 2.24. The van der Waals surface area contributed by atoms with E-state index >= 15 is 0 Å². The molecule has 0 unspecified atom stereocenters. The Balaban J connectivity index is 1.97. The zero-order valence-corrected chi connectivity index (χ0v) is 16.4. The Kier molecular flexibility index (Phi) is 5.90. The Labute approximate surface area is 154 Å². The second-order valence-electron chi connectivity index (χ2n) is 7.70. The second kappa shape index (κ2) is 7.77. The van der Waals surface area contributed by atoms with E-state index in [4.69, 9.17) is 4.74 Å². The van der Waals surface area contributed by atoms with Crippen LogP contribution in [0.2, 0.25) is 0 Å². The van der Waals surface area contributed by atoms with Crippen LogP contribution in [0.4, 0.5) is 0 Å². The number of nitrogens with one attached hydrogen (secondary N) is 2. The Morgan fingerprint density at radius 3 is 2.35 bits per heavy atom. The first-order valence-electron chi connectivity index (χ1n) is 8.82. The first kappa shape index (κ1) is 19.8. The lowest BCUT2D eigenvalue weighted by molar-refractivity contribution is -0.127. The standard InChI is InChI=1S/C21H28N2O3/c1-13-11-14(2)23-20(25)18(13)12-22-19(24)15(3)26-17-9-7-16(8-10-17)21(4,5)6/h7-11,15H,12H2,1-6H3,(H,22,24)(H,23,25)/t15-/m0/s1. The van der Waals surface area contributed by atoms with Crippen LogP contribution >= 0.6 is 0 Å². The summed E-state index contributed by atoms with van der Waals surface area (Å²) in [5.74, 6) is 0.384. The maximum atomic E-state index is 12.3. The molecule has 1 aromatic carbocycles. The number of H-pyrrole nitrogens is 1. The van der Waals surface area contributed by atoms with Crippen LogP contribution < -0.4 is 15.6 Å². The smallest absolute Gasteiger partial charge is 0.261 e. The summed E-state index contributed by atoms with van der Waals surface area (Å²) in [4.78, 5) is 27.0. The van der Waals surface area contributed by atoms with Gasteiger partial charge in [-0.25, -0.2) is 0 Å². The van der Waals surface area contributed by atoms with Gasteiger partial charge in [0.05, 0.1) is 0 Å². The number of aromatic nitrogens is 1. The van der Waals surface area contributed by atoms with Crippen LogP contribution in [0.3, 0.4) is 0 Å². The monoisotopic (exact) mass is 356 g/mol. The van der Waals surface area contributed by atoms with Crippen molar-refractivity contribution in [3.05, 3.63) is 63.1 Å². The van der Waals surface area contributed by atoms with Crippen molar-refractivity contribution in [1.82, 2.24) is 10.3 Å². The highest BCUT2D eigenvalue weighted by molar-refractivity contribution is 5.80. The Morgan fingerprint density at radius 1 is 1.19 bits per heavy atom. The SMILES string of the molecule is Cc1cc(C)c(CNC(=O)[C@H](C)Oc2ccc(C(C)(C)C)cc2)c(=O)[nH]1. The number of pyridine rings is 1. The fraction of sp³-hybridized carbons (Fsp3) is 0.429. The van der Waals surface area contributed by atoms with Crippen molar-refractivity contribution in [2.24, 2.45) is 0 Å². The largest absolute Gasteiger partial charge is 0.481 e. The number of carbonyl (C=O) groups is 1. The minimum Gasteiger partial charge on any atom is -0.481 e. The molecule has 5 nitrogen and oxygen atoms in total. The number of carbonyl (C=O) groups excluding carboxylic acids is 1. The van der Waals surface area contributed by atoms with Gasteiger partial charge in [-0.3, -0.25) is 9.59 Å². The van der Waals surface area contributed by atoms with E-state index in [1.165, 1.54) is 5.56 Å². The zero-order chi connectivity index (χ0) is 19.5. The molecule has 0 radical (unpaired) electrons. The molecule has 0 saturated carbocycles. The average molecular weight is 356 g/mol. The molecule has 1 amide bonds. The molecule has 0 aliphatic heterocycles. The van der Waals surface area contributed by atoms with Gasteiger partial charge in [-0.1, -0.05) is 32.9 Å². The number of ether oxygens (including phenoxy) is 1. The van der Waals surface area contributed by atoms with Crippen molar-refractivity contribution < 1.29 is 9.53 Å². The molecule has 140 valence electrons. The van der Waals surface area contributed by atoms with Crippen molar-refractivity contribution in [2.45, 2.75) is 59.6 Å². The number of hydrogen-bond acceptors (Lipinski definition) is 3.